The molecule has 0 N–H and O–H groups in total. The second-order valence-corrected chi connectivity index (χ2v) is 5.68. The Labute approximate surface area is 109 Å². The first kappa shape index (κ1) is 12.2. The van der Waals surface area contributed by atoms with E-state index in [1.54, 1.807) is 0 Å². The van der Waals surface area contributed by atoms with E-state index in [-0.39, 0.29) is 12.4 Å². The molecule has 1 aromatic rings. The fourth-order valence-corrected chi connectivity index (χ4v) is 2.89. The zero-order chi connectivity index (χ0) is 12.4. The Balaban J connectivity index is 1.46. The van der Waals surface area contributed by atoms with Crippen molar-refractivity contribution in [1.82, 2.24) is 0 Å². The summed E-state index contributed by atoms with van der Waals surface area (Å²) < 4.78 is 11.5. The van der Waals surface area contributed by atoms with E-state index in [4.69, 9.17) is 9.47 Å². The molecule has 0 bridgehead atoms. The molecule has 0 radical (unpaired) electrons. The predicted octanol–water partition coefficient (Wildman–Crippen LogP) is 3.99. The molecule has 2 atom stereocenters. The fraction of sp³-hybridized carbons (Fsp3) is 0.625. The highest BCUT2D eigenvalue weighted by molar-refractivity contribution is 5.26. The molecule has 3 rings (SSSR count). The van der Waals surface area contributed by atoms with Crippen LogP contribution in [0.5, 0.6) is 0 Å². The minimum absolute atomic E-state index is 0.00808. The summed E-state index contributed by atoms with van der Waals surface area (Å²) in [4.78, 5) is 0. The van der Waals surface area contributed by atoms with Gasteiger partial charge in [-0.3, -0.25) is 0 Å². The van der Waals surface area contributed by atoms with Crippen LogP contribution in [0.4, 0.5) is 0 Å². The third-order valence-corrected chi connectivity index (χ3v) is 4.04. The first-order valence-electron chi connectivity index (χ1n) is 7.16. The average molecular weight is 246 g/mol. The van der Waals surface area contributed by atoms with Crippen molar-refractivity contribution in [2.24, 2.45) is 5.92 Å². The summed E-state index contributed by atoms with van der Waals surface area (Å²) in [7, 11) is 0. The maximum absolute atomic E-state index is 5.88. The summed E-state index contributed by atoms with van der Waals surface area (Å²) in [6.45, 7) is 3.00. The number of benzene rings is 1. The van der Waals surface area contributed by atoms with Gasteiger partial charge in [0.2, 0.25) is 0 Å². The molecular formula is C16H22O2. The summed E-state index contributed by atoms with van der Waals surface area (Å²) in [6, 6.07) is 8.52. The molecule has 1 saturated carbocycles. The van der Waals surface area contributed by atoms with Crippen LogP contribution in [0.3, 0.4) is 0 Å². The lowest BCUT2D eigenvalue weighted by atomic mass is 9.90. The molecule has 2 fully saturated rings. The van der Waals surface area contributed by atoms with Gasteiger partial charge in [0.15, 0.2) is 6.29 Å². The van der Waals surface area contributed by atoms with Gasteiger partial charge in [-0.25, -0.2) is 0 Å². The molecule has 1 saturated heterocycles. The standard InChI is InChI=1S/C16H22O2/c1-12-6-5-9-14(10-12)15-16(18-15)17-11-13-7-3-2-4-8-13/h5-6,9-10,13,15-16H,2-4,7-8,11H2,1H3. The summed E-state index contributed by atoms with van der Waals surface area (Å²) in [5.41, 5.74) is 2.54. The molecule has 2 unspecified atom stereocenters. The Hall–Kier alpha value is -0.860. The lowest BCUT2D eigenvalue weighted by Crippen LogP contribution is -2.14. The van der Waals surface area contributed by atoms with Crippen LogP contribution < -0.4 is 0 Å². The van der Waals surface area contributed by atoms with Gasteiger partial charge in [-0.15, -0.1) is 0 Å². The van der Waals surface area contributed by atoms with E-state index >= 15 is 0 Å². The molecule has 2 nitrogen and oxygen atoms in total. The van der Waals surface area contributed by atoms with Crippen LogP contribution in [0.1, 0.15) is 49.3 Å². The highest BCUT2D eigenvalue weighted by Gasteiger charge is 2.41. The second-order valence-electron chi connectivity index (χ2n) is 5.68. The van der Waals surface area contributed by atoms with Gasteiger partial charge in [-0.2, -0.15) is 0 Å². The first-order chi connectivity index (χ1) is 8.83. The maximum atomic E-state index is 5.88. The van der Waals surface area contributed by atoms with Gasteiger partial charge in [0, 0.05) is 0 Å². The fourth-order valence-electron chi connectivity index (χ4n) is 2.89. The molecule has 98 valence electrons. The number of rotatable bonds is 4. The Bertz CT molecular complexity index is 396. The SMILES string of the molecule is Cc1cccc(C2OC2OCC2CCCCC2)c1. The topological polar surface area (TPSA) is 21.8 Å². The van der Waals surface area contributed by atoms with Gasteiger partial charge >= 0.3 is 0 Å². The Morgan fingerprint density at radius 1 is 1.22 bits per heavy atom. The molecule has 18 heavy (non-hydrogen) atoms. The van der Waals surface area contributed by atoms with E-state index < -0.39 is 0 Å². The Morgan fingerprint density at radius 2 is 2.06 bits per heavy atom. The molecule has 0 aromatic heterocycles. The molecule has 1 aliphatic heterocycles. The van der Waals surface area contributed by atoms with Crippen molar-refractivity contribution < 1.29 is 9.47 Å². The highest BCUT2D eigenvalue weighted by atomic mass is 16.8. The van der Waals surface area contributed by atoms with E-state index in [1.807, 2.05) is 0 Å². The molecule has 1 aliphatic carbocycles. The quantitative estimate of drug-likeness (QED) is 0.749. The number of ether oxygens (including phenoxy) is 2. The summed E-state index contributed by atoms with van der Waals surface area (Å²) in [5.74, 6) is 0.765. The van der Waals surface area contributed by atoms with Crippen LogP contribution in [-0.2, 0) is 9.47 Å². The lowest BCUT2D eigenvalue weighted by Gasteiger charge is -2.20. The normalized spacial score (nSPS) is 28.3. The number of hydrogen-bond acceptors (Lipinski definition) is 2. The number of epoxide rings is 1. The lowest BCUT2D eigenvalue weighted by molar-refractivity contribution is 0.0200. The third kappa shape index (κ3) is 2.93. The largest absolute Gasteiger partial charge is 0.349 e. The zero-order valence-electron chi connectivity index (χ0n) is 11.1. The maximum Gasteiger partial charge on any atom is 0.189 e. The van der Waals surface area contributed by atoms with Crippen LogP contribution in [-0.4, -0.2) is 12.9 Å². The monoisotopic (exact) mass is 246 g/mol. The van der Waals surface area contributed by atoms with Gasteiger partial charge in [0.25, 0.3) is 0 Å². The van der Waals surface area contributed by atoms with E-state index in [0.717, 1.165) is 12.5 Å². The van der Waals surface area contributed by atoms with Crippen molar-refractivity contribution in [1.29, 1.82) is 0 Å². The number of aryl methyl sites for hydroxylation is 1. The van der Waals surface area contributed by atoms with Gasteiger partial charge < -0.3 is 9.47 Å². The predicted molar refractivity (Wildman–Crippen MR) is 71.3 cm³/mol. The molecule has 2 aliphatic rings. The van der Waals surface area contributed by atoms with Crippen molar-refractivity contribution in [3.63, 3.8) is 0 Å². The Morgan fingerprint density at radius 3 is 2.83 bits per heavy atom. The zero-order valence-corrected chi connectivity index (χ0v) is 11.1. The van der Waals surface area contributed by atoms with Crippen molar-refractivity contribution in [2.75, 3.05) is 6.61 Å². The minimum Gasteiger partial charge on any atom is -0.349 e. The van der Waals surface area contributed by atoms with Crippen LogP contribution in [0.2, 0.25) is 0 Å². The van der Waals surface area contributed by atoms with Crippen LogP contribution in [0, 0.1) is 12.8 Å². The van der Waals surface area contributed by atoms with Crippen molar-refractivity contribution in [3.05, 3.63) is 35.4 Å². The summed E-state index contributed by atoms with van der Waals surface area (Å²) >= 11 is 0. The van der Waals surface area contributed by atoms with Gasteiger partial charge in [-0.05, 0) is 31.2 Å². The van der Waals surface area contributed by atoms with Gasteiger partial charge in [-0.1, -0.05) is 49.1 Å². The van der Waals surface area contributed by atoms with Crippen LogP contribution >= 0.6 is 0 Å². The summed E-state index contributed by atoms with van der Waals surface area (Å²) in [5, 5.41) is 0. The van der Waals surface area contributed by atoms with Crippen molar-refractivity contribution >= 4 is 0 Å². The van der Waals surface area contributed by atoms with Gasteiger partial charge in [0.1, 0.15) is 6.10 Å². The molecule has 1 heterocycles. The summed E-state index contributed by atoms with van der Waals surface area (Å²) in [6.07, 6.45) is 7.01. The highest BCUT2D eigenvalue weighted by Crippen LogP contribution is 2.40. The van der Waals surface area contributed by atoms with Crippen molar-refractivity contribution in [2.45, 2.75) is 51.4 Å². The number of hydrogen-bond donors (Lipinski definition) is 0. The third-order valence-electron chi connectivity index (χ3n) is 4.04. The van der Waals surface area contributed by atoms with Gasteiger partial charge in [0.05, 0.1) is 6.61 Å². The molecule has 2 heteroatoms. The van der Waals surface area contributed by atoms with Crippen LogP contribution in [0.15, 0.2) is 24.3 Å². The smallest absolute Gasteiger partial charge is 0.189 e. The molecular weight excluding hydrogens is 224 g/mol. The van der Waals surface area contributed by atoms with Crippen molar-refractivity contribution in [3.8, 4) is 0 Å². The Kier molecular flexibility index (Phi) is 3.67. The molecule has 1 aromatic carbocycles. The van der Waals surface area contributed by atoms with E-state index in [1.165, 1.54) is 43.2 Å². The first-order valence-corrected chi connectivity index (χ1v) is 7.16. The van der Waals surface area contributed by atoms with E-state index in [2.05, 4.69) is 31.2 Å². The van der Waals surface area contributed by atoms with E-state index in [0.29, 0.717) is 0 Å². The average Bonchev–Trinajstić information content (AvgIpc) is 3.17. The van der Waals surface area contributed by atoms with E-state index in [9.17, 15) is 0 Å². The van der Waals surface area contributed by atoms with Crippen LogP contribution in [0.25, 0.3) is 0 Å². The molecule has 0 spiro atoms. The minimum atomic E-state index is 0.00808. The second kappa shape index (κ2) is 5.41. The molecule has 0 amide bonds.